The number of rotatable bonds is 4. The van der Waals surface area contributed by atoms with Crippen molar-refractivity contribution in [3.05, 3.63) is 47.3 Å². The molecule has 0 atom stereocenters. The van der Waals surface area contributed by atoms with Crippen LogP contribution in [0.15, 0.2) is 24.5 Å². The van der Waals surface area contributed by atoms with Crippen molar-refractivity contribution in [1.29, 1.82) is 0 Å². The smallest absolute Gasteiger partial charge is 0.182 e. The Bertz CT molecular complexity index is 679. The number of hydrogen-bond acceptors (Lipinski definition) is 3. The molecule has 0 unspecified atom stereocenters. The summed E-state index contributed by atoms with van der Waals surface area (Å²) in [7, 11) is 1.40. The van der Waals surface area contributed by atoms with E-state index in [1.165, 1.54) is 19.2 Å². The van der Waals surface area contributed by atoms with Crippen LogP contribution in [0.25, 0.3) is 0 Å². The summed E-state index contributed by atoms with van der Waals surface area (Å²) in [6.07, 6.45) is 5.94. The van der Waals surface area contributed by atoms with Crippen LogP contribution >= 0.6 is 0 Å². The highest BCUT2D eigenvalue weighted by Gasteiger charge is 2.17. The average molecular weight is 288 g/mol. The number of methoxy groups -OCH3 is 1. The number of hydrogen-bond donors (Lipinski definition) is 0. The zero-order chi connectivity index (χ0) is 14.8. The van der Waals surface area contributed by atoms with Crippen LogP contribution in [0.3, 0.4) is 0 Å². The van der Waals surface area contributed by atoms with E-state index in [0.29, 0.717) is 5.56 Å². The molecule has 0 saturated heterocycles. The summed E-state index contributed by atoms with van der Waals surface area (Å²) in [5, 5.41) is 0. The number of aryl methyl sites for hydroxylation is 1. The largest absolute Gasteiger partial charge is 0.494 e. The number of ether oxygens (including phenoxy) is 1. The molecule has 110 valence electrons. The molecule has 1 aromatic carbocycles. The Balaban J connectivity index is 1.80. The van der Waals surface area contributed by atoms with Gasteiger partial charge in [0.25, 0.3) is 0 Å². The lowest BCUT2D eigenvalue weighted by Gasteiger charge is -2.13. The summed E-state index contributed by atoms with van der Waals surface area (Å²) >= 11 is 0. The minimum atomic E-state index is -0.518. The molecular formula is C16H17FN2O2. The normalized spacial score (nSPS) is 13.8. The molecule has 0 aliphatic heterocycles. The van der Waals surface area contributed by atoms with Crippen molar-refractivity contribution in [2.45, 2.75) is 32.2 Å². The lowest BCUT2D eigenvalue weighted by atomic mass is 10.0. The average Bonchev–Trinajstić information content (AvgIpc) is 2.90. The minimum Gasteiger partial charge on any atom is -0.494 e. The van der Waals surface area contributed by atoms with Gasteiger partial charge >= 0.3 is 0 Å². The summed E-state index contributed by atoms with van der Waals surface area (Å²) in [4.78, 5) is 16.7. The van der Waals surface area contributed by atoms with E-state index in [1.54, 1.807) is 12.4 Å². The number of carbonyl (C=O) groups is 1. The van der Waals surface area contributed by atoms with E-state index in [9.17, 15) is 9.18 Å². The van der Waals surface area contributed by atoms with Crippen molar-refractivity contribution in [2.24, 2.45) is 0 Å². The Kier molecular flexibility index (Phi) is 3.73. The Hall–Kier alpha value is -2.17. The molecule has 1 heterocycles. The number of halogens is 1. The van der Waals surface area contributed by atoms with Gasteiger partial charge in [0, 0.05) is 11.3 Å². The quantitative estimate of drug-likeness (QED) is 0.813. The molecule has 0 fully saturated rings. The number of fused-ring (bicyclic) bond motifs is 1. The lowest BCUT2D eigenvalue weighted by Crippen LogP contribution is -2.14. The number of Topliss-reactive ketones (excluding diaryl/α,β-unsaturated/α-hetero) is 1. The third-order valence-electron chi connectivity index (χ3n) is 3.90. The molecule has 0 radical (unpaired) electrons. The minimum absolute atomic E-state index is 0.123. The van der Waals surface area contributed by atoms with E-state index in [0.717, 1.165) is 37.1 Å². The second-order valence-electron chi connectivity index (χ2n) is 5.25. The highest BCUT2D eigenvalue weighted by molar-refractivity contribution is 5.96. The van der Waals surface area contributed by atoms with Gasteiger partial charge in [-0.1, -0.05) is 0 Å². The zero-order valence-corrected chi connectivity index (χ0v) is 11.9. The van der Waals surface area contributed by atoms with Gasteiger partial charge in [-0.2, -0.15) is 0 Å². The van der Waals surface area contributed by atoms with Gasteiger partial charge in [-0.15, -0.1) is 0 Å². The fourth-order valence-electron chi connectivity index (χ4n) is 2.75. The first-order valence-electron chi connectivity index (χ1n) is 7.08. The van der Waals surface area contributed by atoms with E-state index in [4.69, 9.17) is 4.74 Å². The van der Waals surface area contributed by atoms with E-state index >= 15 is 0 Å². The van der Waals surface area contributed by atoms with Gasteiger partial charge in [0.1, 0.15) is 0 Å². The third kappa shape index (κ3) is 2.68. The molecule has 4 nitrogen and oxygen atoms in total. The highest BCUT2D eigenvalue weighted by Crippen LogP contribution is 2.21. The highest BCUT2D eigenvalue weighted by atomic mass is 19.1. The van der Waals surface area contributed by atoms with Crippen molar-refractivity contribution in [3.8, 4) is 5.75 Å². The Morgan fingerprint density at radius 2 is 2.19 bits per heavy atom. The van der Waals surface area contributed by atoms with E-state index in [2.05, 4.69) is 4.98 Å². The Morgan fingerprint density at radius 3 is 2.95 bits per heavy atom. The number of benzene rings is 1. The van der Waals surface area contributed by atoms with Crippen LogP contribution in [0.2, 0.25) is 0 Å². The maximum absolute atomic E-state index is 13.7. The second kappa shape index (κ2) is 5.68. The molecule has 1 aliphatic carbocycles. The van der Waals surface area contributed by atoms with E-state index < -0.39 is 5.82 Å². The molecule has 0 bridgehead atoms. The molecule has 2 aromatic rings. The van der Waals surface area contributed by atoms with Crippen molar-refractivity contribution in [1.82, 2.24) is 9.55 Å². The molecule has 0 amide bonds. The van der Waals surface area contributed by atoms with Crippen LogP contribution in [-0.2, 0) is 19.4 Å². The summed E-state index contributed by atoms with van der Waals surface area (Å²) < 4.78 is 20.4. The first-order valence-corrected chi connectivity index (χ1v) is 7.08. The molecule has 3 rings (SSSR count). The van der Waals surface area contributed by atoms with Crippen molar-refractivity contribution in [2.75, 3.05) is 7.11 Å². The number of imidazole rings is 1. The number of carbonyl (C=O) groups excluding carboxylic acids is 1. The fourth-order valence-corrected chi connectivity index (χ4v) is 2.75. The van der Waals surface area contributed by atoms with Crippen LogP contribution < -0.4 is 4.74 Å². The predicted octanol–water partition coefficient (Wildman–Crippen LogP) is 2.79. The van der Waals surface area contributed by atoms with Crippen molar-refractivity contribution >= 4 is 5.78 Å². The monoisotopic (exact) mass is 288 g/mol. The van der Waals surface area contributed by atoms with Gasteiger partial charge in [-0.25, -0.2) is 9.37 Å². The molecule has 0 spiro atoms. The van der Waals surface area contributed by atoms with Gasteiger partial charge in [-0.3, -0.25) is 4.79 Å². The van der Waals surface area contributed by atoms with Crippen LogP contribution in [0.1, 0.15) is 34.6 Å². The molecule has 21 heavy (non-hydrogen) atoms. The number of ketones is 1. The van der Waals surface area contributed by atoms with E-state index in [1.807, 2.05) is 4.57 Å². The second-order valence-corrected chi connectivity index (χ2v) is 5.25. The van der Waals surface area contributed by atoms with Gasteiger partial charge in [0.15, 0.2) is 17.3 Å². The summed E-state index contributed by atoms with van der Waals surface area (Å²) in [5.41, 5.74) is 2.59. The number of aromatic nitrogens is 2. The van der Waals surface area contributed by atoms with E-state index in [-0.39, 0.29) is 18.1 Å². The Labute approximate surface area is 122 Å². The third-order valence-corrected chi connectivity index (χ3v) is 3.90. The molecule has 1 aromatic heterocycles. The molecule has 1 aliphatic rings. The summed E-state index contributed by atoms with van der Waals surface area (Å²) in [5.74, 6) is -0.495. The van der Waals surface area contributed by atoms with Crippen LogP contribution in [0, 0.1) is 5.82 Å². The zero-order valence-electron chi connectivity index (χ0n) is 11.9. The maximum atomic E-state index is 13.7. The summed E-state index contributed by atoms with van der Waals surface area (Å²) in [6, 6.07) is 4.30. The van der Waals surface area contributed by atoms with Crippen molar-refractivity contribution < 1.29 is 13.9 Å². The predicted molar refractivity (Wildman–Crippen MR) is 76.2 cm³/mol. The van der Waals surface area contributed by atoms with Gasteiger partial charge in [0.05, 0.1) is 25.7 Å². The van der Waals surface area contributed by atoms with Crippen LogP contribution in [0.4, 0.5) is 4.39 Å². The first kappa shape index (κ1) is 13.8. The van der Waals surface area contributed by atoms with Gasteiger partial charge in [-0.05, 0) is 43.9 Å². The standard InChI is InChI=1S/C16H17FN2O2/c1-21-16-7-6-11(8-12(16)17)15(20)9-19-10-18-13-4-2-3-5-14(13)19/h6-8,10H,2-5,9H2,1H3. The molecule has 5 heteroatoms. The van der Waals surface area contributed by atoms with Crippen molar-refractivity contribution in [3.63, 3.8) is 0 Å². The van der Waals surface area contributed by atoms with Gasteiger partial charge in [0.2, 0.25) is 0 Å². The van der Waals surface area contributed by atoms with Crippen LogP contribution in [-0.4, -0.2) is 22.4 Å². The molecular weight excluding hydrogens is 271 g/mol. The first-order chi connectivity index (χ1) is 10.2. The SMILES string of the molecule is COc1ccc(C(=O)Cn2cnc3c2CCCC3)cc1F. The molecule has 0 saturated carbocycles. The van der Waals surface area contributed by atoms with Gasteiger partial charge < -0.3 is 9.30 Å². The lowest BCUT2D eigenvalue weighted by molar-refractivity contribution is 0.0970. The maximum Gasteiger partial charge on any atom is 0.182 e. The fraction of sp³-hybridized carbons (Fsp3) is 0.375. The Morgan fingerprint density at radius 1 is 1.38 bits per heavy atom. The topological polar surface area (TPSA) is 44.1 Å². The molecule has 0 N–H and O–H groups in total. The van der Waals surface area contributed by atoms with Crippen LogP contribution in [0.5, 0.6) is 5.75 Å². The summed E-state index contributed by atoms with van der Waals surface area (Å²) in [6.45, 7) is 0.202. The number of nitrogens with zero attached hydrogens (tertiary/aromatic N) is 2.